The zero-order valence-corrected chi connectivity index (χ0v) is 13.7. The van der Waals surface area contributed by atoms with Gasteiger partial charge in [-0.15, -0.1) is 11.3 Å². The van der Waals surface area contributed by atoms with Crippen molar-refractivity contribution in [2.45, 2.75) is 12.6 Å². The molecule has 0 radical (unpaired) electrons. The summed E-state index contributed by atoms with van der Waals surface area (Å²) in [6, 6.07) is 1.27. The van der Waals surface area contributed by atoms with Gasteiger partial charge in [0.1, 0.15) is 18.2 Å². The first-order valence-electron chi connectivity index (χ1n) is 6.56. The summed E-state index contributed by atoms with van der Waals surface area (Å²) in [5, 5.41) is 9.44. The van der Waals surface area contributed by atoms with Gasteiger partial charge < -0.3 is 15.0 Å². The Morgan fingerprint density at radius 3 is 3.14 bits per heavy atom. The second kappa shape index (κ2) is 6.82. The van der Waals surface area contributed by atoms with Gasteiger partial charge in [0, 0.05) is 18.7 Å². The molecule has 7 nitrogen and oxygen atoms in total. The molecule has 2 amide bonds. The van der Waals surface area contributed by atoms with Crippen LogP contribution in [-0.2, 0) is 11.3 Å². The minimum Gasteiger partial charge on any atom is -0.377 e. The fourth-order valence-corrected chi connectivity index (χ4v) is 3.70. The second-order valence-corrected chi connectivity index (χ2v) is 6.95. The molecule has 1 aliphatic heterocycles. The summed E-state index contributed by atoms with van der Waals surface area (Å²) in [6.45, 7) is 1.67. The van der Waals surface area contributed by atoms with Crippen LogP contribution in [0.4, 0.5) is 4.79 Å². The number of hydrogen-bond donors (Lipinski definition) is 2. The maximum absolute atomic E-state index is 12.4. The first-order valence-corrected chi connectivity index (χ1v) is 8.13. The molecule has 1 unspecified atom stereocenters. The number of rotatable bonds is 3. The maximum atomic E-state index is 12.4. The van der Waals surface area contributed by atoms with Crippen molar-refractivity contribution in [3.8, 4) is 0 Å². The van der Waals surface area contributed by atoms with Crippen molar-refractivity contribution in [1.29, 1.82) is 0 Å². The lowest BCUT2D eigenvalue weighted by Gasteiger charge is -2.34. The molecule has 0 spiro atoms. The van der Waals surface area contributed by atoms with E-state index in [4.69, 9.17) is 27.9 Å². The molecule has 0 aliphatic carbocycles. The van der Waals surface area contributed by atoms with E-state index in [9.17, 15) is 4.79 Å². The molecule has 1 atom stereocenters. The molecule has 0 aromatic carbocycles. The Hall–Kier alpha value is -1.35. The van der Waals surface area contributed by atoms with E-state index in [1.54, 1.807) is 11.0 Å². The Bertz CT molecular complexity index is 648. The summed E-state index contributed by atoms with van der Waals surface area (Å²) in [7, 11) is 0. The van der Waals surface area contributed by atoms with Crippen molar-refractivity contribution in [1.82, 2.24) is 25.4 Å². The summed E-state index contributed by atoms with van der Waals surface area (Å²) in [4.78, 5) is 18.2. The SMILES string of the molecule is O=C(NCc1cc(Cl)sc1Cl)N1CCOCC1c1ncn[nH]1. The molecule has 2 aromatic heterocycles. The highest BCUT2D eigenvalue weighted by molar-refractivity contribution is 7.20. The fraction of sp³-hybridized carbons (Fsp3) is 0.417. The van der Waals surface area contributed by atoms with E-state index in [1.807, 2.05) is 0 Å². The van der Waals surface area contributed by atoms with Crippen molar-refractivity contribution in [3.05, 3.63) is 32.5 Å². The van der Waals surface area contributed by atoms with Crippen molar-refractivity contribution in [2.75, 3.05) is 19.8 Å². The Morgan fingerprint density at radius 2 is 2.45 bits per heavy atom. The normalized spacial score (nSPS) is 18.5. The van der Waals surface area contributed by atoms with Crippen molar-refractivity contribution in [2.24, 2.45) is 0 Å². The topological polar surface area (TPSA) is 83.1 Å². The number of aromatic nitrogens is 3. The van der Waals surface area contributed by atoms with Crippen LogP contribution in [-0.4, -0.2) is 45.9 Å². The third-order valence-corrected chi connectivity index (χ3v) is 4.86. The number of aromatic amines is 1. The largest absolute Gasteiger partial charge is 0.377 e. The number of nitrogens with one attached hydrogen (secondary N) is 2. The molecule has 1 aliphatic rings. The Balaban J connectivity index is 1.66. The van der Waals surface area contributed by atoms with Gasteiger partial charge in [0.2, 0.25) is 0 Å². The van der Waals surface area contributed by atoms with Crippen molar-refractivity contribution < 1.29 is 9.53 Å². The van der Waals surface area contributed by atoms with Gasteiger partial charge in [0.15, 0.2) is 0 Å². The summed E-state index contributed by atoms with van der Waals surface area (Å²) < 4.78 is 6.61. The highest BCUT2D eigenvalue weighted by Crippen LogP contribution is 2.31. The van der Waals surface area contributed by atoms with E-state index in [1.165, 1.54) is 17.7 Å². The lowest BCUT2D eigenvalue weighted by molar-refractivity contribution is 0.00866. The van der Waals surface area contributed by atoms with E-state index in [0.29, 0.717) is 40.8 Å². The van der Waals surface area contributed by atoms with Crippen molar-refractivity contribution >= 4 is 40.6 Å². The summed E-state index contributed by atoms with van der Waals surface area (Å²) in [5.41, 5.74) is 0.800. The average Bonchev–Trinajstić information content (AvgIpc) is 3.14. The number of ether oxygens (including phenoxy) is 1. The number of urea groups is 1. The van der Waals surface area contributed by atoms with Gasteiger partial charge in [-0.1, -0.05) is 23.2 Å². The standard InChI is InChI=1S/C12H13Cl2N5O2S/c13-9-3-7(10(14)22-9)4-15-12(20)19-1-2-21-5-8(19)11-16-6-17-18-11/h3,6,8H,1-2,4-5H2,(H,15,20)(H,16,17,18). The minimum absolute atomic E-state index is 0.205. The third-order valence-electron chi connectivity index (χ3n) is 3.30. The Morgan fingerprint density at radius 1 is 1.59 bits per heavy atom. The molecule has 0 bridgehead atoms. The minimum atomic E-state index is -0.280. The molecule has 22 heavy (non-hydrogen) atoms. The second-order valence-electron chi connectivity index (χ2n) is 4.66. The Kier molecular flexibility index (Phi) is 4.82. The first-order chi connectivity index (χ1) is 10.6. The monoisotopic (exact) mass is 361 g/mol. The van der Waals surface area contributed by atoms with Crippen LogP contribution in [0.25, 0.3) is 0 Å². The van der Waals surface area contributed by atoms with Gasteiger partial charge >= 0.3 is 6.03 Å². The van der Waals surface area contributed by atoms with E-state index < -0.39 is 0 Å². The van der Waals surface area contributed by atoms with Crippen LogP contribution in [0.3, 0.4) is 0 Å². The van der Waals surface area contributed by atoms with Crippen LogP contribution in [0, 0.1) is 0 Å². The number of amides is 2. The molecule has 2 aromatic rings. The number of morpholine rings is 1. The fourth-order valence-electron chi connectivity index (χ4n) is 2.22. The molecule has 1 fully saturated rings. The van der Waals surface area contributed by atoms with Crippen LogP contribution in [0.2, 0.25) is 8.67 Å². The molecule has 0 saturated carbocycles. The Labute approximate surface area is 140 Å². The smallest absolute Gasteiger partial charge is 0.318 e. The van der Waals surface area contributed by atoms with Crippen LogP contribution in [0.1, 0.15) is 17.4 Å². The molecule has 3 heterocycles. The number of nitrogens with zero attached hydrogens (tertiary/aromatic N) is 3. The van der Waals surface area contributed by atoms with Gasteiger partial charge in [-0.3, -0.25) is 5.10 Å². The molecular weight excluding hydrogens is 349 g/mol. The molecule has 3 rings (SSSR count). The number of hydrogen-bond acceptors (Lipinski definition) is 5. The molecule has 118 valence electrons. The van der Waals surface area contributed by atoms with Gasteiger partial charge in [0.25, 0.3) is 0 Å². The average molecular weight is 362 g/mol. The van der Waals surface area contributed by atoms with E-state index in [2.05, 4.69) is 20.5 Å². The van der Waals surface area contributed by atoms with Crippen LogP contribution in [0.5, 0.6) is 0 Å². The number of carbonyl (C=O) groups excluding carboxylic acids is 1. The predicted molar refractivity (Wildman–Crippen MR) is 83.2 cm³/mol. The summed E-state index contributed by atoms with van der Waals surface area (Å²) in [5.74, 6) is 0.603. The molecular formula is C12H13Cl2N5O2S. The molecule has 10 heteroatoms. The van der Waals surface area contributed by atoms with Crippen LogP contribution in [0.15, 0.2) is 12.4 Å². The summed E-state index contributed by atoms with van der Waals surface area (Å²) >= 11 is 13.2. The third kappa shape index (κ3) is 3.35. The number of carbonyl (C=O) groups is 1. The highest BCUT2D eigenvalue weighted by Gasteiger charge is 2.30. The van der Waals surface area contributed by atoms with Gasteiger partial charge in [-0.05, 0) is 6.07 Å². The van der Waals surface area contributed by atoms with E-state index >= 15 is 0 Å². The van der Waals surface area contributed by atoms with E-state index in [-0.39, 0.29) is 12.1 Å². The van der Waals surface area contributed by atoms with Crippen LogP contribution < -0.4 is 5.32 Å². The number of halogens is 2. The zero-order chi connectivity index (χ0) is 15.5. The highest BCUT2D eigenvalue weighted by atomic mass is 35.5. The molecule has 1 saturated heterocycles. The lowest BCUT2D eigenvalue weighted by Crippen LogP contribution is -2.48. The van der Waals surface area contributed by atoms with Crippen LogP contribution >= 0.6 is 34.5 Å². The van der Waals surface area contributed by atoms with Gasteiger partial charge in [-0.25, -0.2) is 9.78 Å². The van der Waals surface area contributed by atoms with Gasteiger partial charge in [0.05, 0.1) is 21.9 Å². The lowest BCUT2D eigenvalue weighted by atomic mass is 10.2. The number of thiophene rings is 1. The number of H-pyrrole nitrogens is 1. The van der Waals surface area contributed by atoms with Crippen molar-refractivity contribution in [3.63, 3.8) is 0 Å². The van der Waals surface area contributed by atoms with Gasteiger partial charge in [-0.2, -0.15) is 5.10 Å². The molecule has 2 N–H and O–H groups in total. The first kappa shape index (κ1) is 15.5. The zero-order valence-electron chi connectivity index (χ0n) is 11.4. The predicted octanol–water partition coefficient (Wildman–Crippen LogP) is 2.46. The maximum Gasteiger partial charge on any atom is 0.318 e. The van der Waals surface area contributed by atoms with E-state index in [0.717, 1.165) is 5.56 Å². The quantitative estimate of drug-likeness (QED) is 0.879. The summed E-state index contributed by atoms with van der Waals surface area (Å²) in [6.07, 6.45) is 1.41.